The average Bonchev–Trinajstić information content (AvgIpc) is 3.33. The number of nitrogens with zero attached hydrogens (tertiary/aromatic N) is 1. The highest BCUT2D eigenvalue weighted by Gasteiger charge is 2.47. The van der Waals surface area contributed by atoms with Crippen LogP contribution >= 0.6 is 0 Å². The van der Waals surface area contributed by atoms with Gasteiger partial charge in [-0.2, -0.15) is 0 Å². The van der Waals surface area contributed by atoms with E-state index in [0.29, 0.717) is 13.1 Å². The first-order valence-corrected chi connectivity index (χ1v) is 11.6. The summed E-state index contributed by atoms with van der Waals surface area (Å²) in [6, 6.07) is 16.2. The monoisotopic (exact) mass is 448 g/mol. The molecule has 33 heavy (non-hydrogen) atoms. The minimum atomic E-state index is -0.871. The quantitative estimate of drug-likeness (QED) is 0.674. The summed E-state index contributed by atoms with van der Waals surface area (Å²) < 4.78 is 5.56. The number of carboxylic acids is 1. The van der Waals surface area contributed by atoms with Crippen molar-refractivity contribution in [1.82, 2.24) is 10.2 Å². The predicted octanol–water partition coefficient (Wildman–Crippen LogP) is 3.63. The number of amides is 2. The van der Waals surface area contributed by atoms with Crippen LogP contribution in [0.1, 0.15) is 42.7 Å². The number of carbonyl (C=O) groups excluding carboxylic acids is 2. The highest BCUT2D eigenvalue weighted by molar-refractivity contribution is 5.83. The van der Waals surface area contributed by atoms with Crippen molar-refractivity contribution >= 4 is 18.0 Å². The van der Waals surface area contributed by atoms with Gasteiger partial charge in [-0.25, -0.2) is 4.79 Å². The van der Waals surface area contributed by atoms with E-state index in [1.807, 2.05) is 24.3 Å². The van der Waals surface area contributed by atoms with E-state index >= 15 is 0 Å². The molecular weight excluding hydrogens is 420 g/mol. The van der Waals surface area contributed by atoms with E-state index in [2.05, 4.69) is 29.6 Å². The molecule has 2 aromatic carbocycles. The Balaban J connectivity index is 1.11. The van der Waals surface area contributed by atoms with Crippen LogP contribution in [0.5, 0.6) is 0 Å². The maximum absolute atomic E-state index is 12.8. The number of rotatable bonds is 7. The van der Waals surface area contributed by atoms with Crippen LogP contribution in [0.25, 0.3) is 11.1 Å². The summed E-state index contributed by atoms with van der Waals surface area (Å²) in [5.41, 5.74) is 4.70. The van der Waals surface area contributed by atoms with E-state index in [9.17, 15) is 14.4 Å². The number of likely N-dealkylation sites (tertiary alicyclic amines) is 1. The molecule has 172 valence electrons. The molecule has 7 heteroatoms. The topological polar surface area (TPSA) is 95.9 Å². The summed E-state index contributed by atoms with van der Waals surface area (Å²) in [6.45, 7) is 1.28. The summed E-state index contributed by atoms with van der Waals surface area (Å²) in [5.74, 6) is -0.876. The largest absolute Gasteiger partial charge is 0.481 e. The molecule has 2 amide bonds. The zero-order valence-electron chi connectivity index (χ0n) is 18.4. The van der Waals surface area contributed by atoms with E-state index in [1.54, 1.807) is 4.90 Å². The lowest BCUT2D eigenvalue weighted by molar-refractivity contribution is -0.140. The Hall–Kier alpha value is -3.35. The van der Waals surface area contributed by atoms with E-state index in [1.165, 1.54) is 22.3 Å². The molecule has 0 radical (unpaired) electrons. The normalized spacial score (nSPS) is 23.0. The van der Waals surface area contributed by atoms with Gasteiger partial charge in [0.05, 0.1) is 6.42 Å². The van der Waals surface area contributed by atoms with Crippen LogP contribution < -0.4 is 5.32 Å². The Labute approximate surface area is 192 Å². The molecule has 1 saturated heterocycles. The van der Waals surface area contributed by atoms with Crippen molar-refractivity contribution in [3.8, 4) is 11.1 Å². The molecule has 2 aromatic rings. The zero-order valence-corrected chi connectivity index (χ0v) is 18.4. The highest BCUT2D eigenvalue weighted by atomic mass is 16.5. The molecule has 2 fully saturated rings. The standard InChI is InChI=1S/C26H28N2O5/c29-24(30)13-17-6-5-11-28(17)25(31)22-12-16(22)14-27-26(32)33-15-23-20-9-3-1-7-18(20)19-8-2-4-10-21(19)23/h1-4,7-10,16-17,22-23H,5-6,11-15H2,(H,27,32)(H,29,30). The van der Waals surface area contributed by atoms with Gasteiger partial charge in [0.1, 0.15) is 6.61 Å². The van der Waals surface area contributed by atoms with Gasteiger partial charge in [0.25, 0.3) is 0 Å². The molecule has 1 aliphatic heterocycles. The summed E-state index contributed by atoms with van der Waals surface area (Å²) in [4.78, 5) is 37.9. The average molecular weight is 449 g/mol. The van der Waals surface area contributed by atoms with Crippen LogP contribution in [0, 0.1) is 11.8 Å². The van der Waals surface area contributed by atoms with E-state index < -0.39 is 12.1 Å². The molecule has 2 N–H and O–H groups in total. The number of aliphatic carboxylic acids is 1. The third kappa shape index (κ3) is 4.32. The molecule has 2 aliphatic carbocycles. The summed E-state index contributed by atoms with van der Waals surface area (Å²) in [7, 11) is 0. The molecule has 1 heterocycles. The Morgan fingerprint density at radius 2 is 1.70 bits per heavy atom. The minimum absolute atomic E-state index is 0.00112. The van der Waals surface area contributed by atoms with Crippen molar-refractivity contribution in [1.29, 1.82) is 0 Å². The lowest BCUT2D eigenvalue weighted by Crippen LogP contribution is -2.38. The number of ether oxygens (including phenoxy) is 1. The maximum atomic E-state index is 12.8. The summed E-state index contributed by atoms with van der Waals surface area (Å²) >= 11 is 0. The van der Waals surface area contributed by atoms with Gasteiger partial charge in [-0.3, -0.25) is 9.59 Å². The van der Waals surface area contributed by atoms with Crippen LogP contribution in [0.2, 0.25) is 0 Å². The smallest absolute Gasteiger partial charge is 0.407 e. The van der Waals surface area contributed by atoms with Gasteiger partial charge in [0.15, 0.2) is 0 Å². The van der Waals surface area contributed by atoms with Crippen LogP contribution in [0.3, 0.4) is 0 Å². The first kappa shape index (κ1) is 21.5. The molecule has 0 spiro atoms. The van der Waals surface area contributed by atoms with Gasteiger partial charge >= 0.3 is 12.1 Å². The van der Waals surface area contributed by atoms with Crippen LogP contribution in [-0.2, 0) is 14.3 Å². The first-order chi connectivity index (χ1) is 16.0. The van der Waals surface area contributed by atoms with Gasteiger partial charge in [0, 0.05) is 31.0 Å². The van der Waals surface area contributed by atoms with Crippen molar-refractivity contribution in [2.75, 3.05) is 19.7 Å². The Morgan fingerprint density at radius 1 is 1.03 bits per heavy atom. The van der Waals surface area contributed by atoms with Gasteiger partial charge in [-0.1, -0.05) is 48.5 Å². The number of benzene rings is 2. The SMILES string of the molecule is O=C(O)CC1CCCN1C(=O)C1CC1CNC(=O)OCC1c2ccccc2-c2ccccc21. The Bertz CT molecular complexity index is 1040. The van der Waals surface area contributed by atoms with Crippen molar-refractivity contribution in [2.24, 2.45) is 11.8 Å². The number of alkyl carbamates (subject to hydrolysis) is 1. The molecule has 3 atom stereocenters. The number of carboxylic acid groups (broad SMARTS) is 1. The molecule has 1 saturated carbocycles. The fraction of sp³-hybridized carbons (Fsp3) is 0.423. The van der Waals surface area contributed by atoms with Gasteiger partial charge in [0.2, 0.25) is 5.91 Å². The second kappa shape index (κ2) is 8.89. The maximum Gasteiger partial charge on any atom is 0.407 e. The van der Waals surface area contributed by atoms with Crippen molar-refractivity contribution < 1.29 is 24.2 Å². The molecule has 3 unspecified atom stereocenters. The summed E-state index contributed by atoms with van der Waals surface area (Å²) in [5, 5.41) is 11.9. The molecule has 5 rings (SSSR count). The zero-order chi connectivity index (χ0) is 22.9. The number of carbonyl (C=O) groups is 3. The van der Waals surface area contributed by atoms with E-state index in [0.717, 1.165) is 19.3 Å². The second-order valence-corrected chi connectivity index (χ2v) is 9.23. The number of hydrogen-bond acceptors (Lipinski definition) is 4. The van der Waals surface area contributed by atoms with Crippen LogP contribution in [0.15, 0.2) is 48.5 Å². The first-order valence-electron chi connectivity index (χ1n) is 11.6. The molecule has 0 aromatic heterocycles. The molecule has 7 nitrogen and oxygen atoms in total. The lowest BCUT2D eigenvalue weighted by Gasteiger charge is -2.23. The fourth-order valence-electron chi connectivity index (χ4n) is 5.39. The van der Waals surface area contributed by atoms with Crippen LogP contribution in [0.4, 0.5) is 4.79 Å². The van der Waals surface area contributed by atoms with Crippen molar-refractivity contribution in [2.45, 2.75) is 37.6 Å². The molecular formula is C26H28N2O5. The molecule has 0 bridgehead atoms. The highest BCUT2D eigenvalue weighted by Crippen LogP contribution is 2.44. The van der Waals surface area contributed by atoms with Crippen LogP contribution in [-0.4, -0.2) is 53.7 Å². The van der Waals surface area contributed by atoms with Gasteiger partial charge < -0.3 is 20.1 Å². The third-order valence-corrected chi connectivity index (χ3v) is 7.16. The fourth-order valence-corrected chi connectivity index (χ4v) is 5.39. The minimum Gasteiger partial charge on any atom is -0.481 e. The third-order valence-electron chi connectivity index (χ3n) is 7.16. The van der Waals surface area contributed by atoms with E-state index in [4.69, 9.17) is 9.84 Å². The predicted molar refractivity (Wildman–Crippen MR) is 122 cm³/mol. The van der Waals surface area contributed by atoms with Crippen molar-refractivity contribution in [3.63, 3.8) is 0 Å². The number of nitrogens with one attached hydrogen (secondary N) is 1. The Kier molecular flexibility index (Phi) is 5.79. The lowest BCUT2D eigenvalue weighted by atomic mass is 9.98. The summed E-state index contributed by atoms with van der Waals surface area (Å²) in [6.07, 6.45) is 1.84. The van der Waals surface area contributed by atoms with Gasteiger partial charge in [-0.15, -0.1) is 0 Å². The number of hydrogen-bond donors (Lipinski definition) is 2. The van der Waals surface area contributed by atoms with Gasteiger partial charge in [-0.05, 0) is 47.4 Å². The molecule has 3 aliphatic rings. The number of fused-ring (bicyclic) bond motifs is 3. The second-order valence-electron chi connectivity index (χ2n) is 9.23. The van der Waals surface area contributed by atoms with Crippen molar-refractivity contribution in [3.05, 3.63) is 59.7 Å². The Morgan fingerprint density at radius 3 is 2.36 bits per heavy atom. The van der Waals surface area contributed by atoms with E-state index in [-0.39, 0.29) is 42.7 Å².